The minimum absolute atomic E-state index is 0.125. The van der Waals surface area contributed by atoms with Gasteiger partial charge in [0, 0.05) is 11.3 Å². The summed E-state index contributed by atoms with van der Waals surface area (Å²) < 4.78 is 0. The van der Waals surface area contributed by atoms with Crippen molar-refractivity contribution >= 4 is 5.78 Å². The minimum Gasteiger partial charge on any atom is -0.299 e. The Bertz CT molecular complexity index is 313. The zero-order chi connectivity index (χ0) is 12.0. The van der Waals surface area contributed by atoms with Crippen molar-refractivity contribution < 1.29 is 4.79 Å². The molecule has 3 rings (SSSR count). The maximum absolute atomic E-state index is 12.8. The number of fused-ring (bicyclic) bond motifs is 5. The minimum atomic E-state index is 0.125. The normalized spacial score (nSPS) is 42.1. The van der Waals surface area contributed by atoms with Gasteiger partial charge in [0.2, 0.25) is 0 Å². The molecule has 0 heterocycles. The van der Waals surface area contributed by atoms with E-state index in [0.29, 0.717) is 11.7 Å². The maximum atomic E-state index is 12.8. The van der Waals surface area contributed by atoms with E-state index in [1.807, 2.05) is 0 Å². The summed E-state index contributed by atoms with van der Waals surface area (Å²) in [7, 11) is 0. The van der Waals surface area contributed by atoms with E-state index in [1.54, 1.807) is 0 Å². The number of hydrogen-bond donors (Lipinski definition) is 0. The van der Waals surface area contributed by atoms with E-state index in [1.165, 1.54) is 51.4 Å². The molecule has 0 aliphatic heterocycles. The average molecular weight is 234 g/mol. The van der Waals surface area contributed by atoms with Crippen molar-refractivity contribution in [3.63, 3.8) is 0 Å². The van der Waals surface area contributed by atoms with Crippen molar-refractivity contribution in [1.29, 1.82) is 0 Å². The van der Waals surface area contributed by atoms with Crippen LogP contribution in [0.4, 0.5) is 0 Å². The zero-order valence-electron chi connectivity index (χ0n) is 11.4. The lowest BCUT2D eigenvalue weighted by molar-refractivity contribution is -0.137. The summed E-state index contributed by atoms with van der Waals surface area (Å²) in [6, 6.07) is 0. The monoisotopic (exact) mass is 234 g/mol. The second kappa shape index (κ2) is 4.10. The molecule has 3 fully saturated rings. The number of ketones is 1. The lowest BCUT2D eigenvalue weighted by Crippen LogP contribution is -2.43. The van der Waals surface area contributed by atoms with Gasteiger partial charge in [-0.15, -0.1) is 0 Å². The van der Waals surface area contributed by atoms with E-state index in [0.717, 1.165) is 17.8 Å². The Morgan fingerprint density at radius 2 is 1.76 bits per heavy atom. The standard InChI is InChI=1S/C16H26O/c1-3-8-16(9-4-2)14-10-13(15(16)17)11-6-5-7-12(11)14/h11-14H,3-10H2,1-2H3. The second-order valence-electron chi connectivity index (χ2n) is 6.73. The Hall–Kier alpha value is -0.330. The lowest BCUT2D eigenvalue weighted by atomic mass is 9.61. The van der Waals surface area contributed by atoms with E-state index in [-0.39, 0.29) is 5.41 Å². The highest BCUT2D eigenvalue weighted by Gasteiger charge is 2.64. The molecule has 1 nitrogen and oxygen atoms in total. The van der Waals surface area contributed by atoms with Gasteiger partial charge in [0.05, 0.1) is 0 Å². The van der Waals surface area contributed by atoms with Gasteiger partial charge in [0.25, 0.3) is 0 Å². The van der Waals surface area contributed by atoms with Gasteiger partial charge in [-0.2, -0.15) is 0 Å². The highest BCUT2D eigenvalue weighted by Crippen LogP contribution is 2.66. The van der Waals surface area contributed by atoms with Crippen molar-refractivity contribution in [2.45, 2.75) is 65.2 Å². The van der Waals surface area contributed by atoms with E-state index < -0.39 is 0 Å². The molecule has 0 aromatic carbocycles. The van der Waals surface area contributed by atoms with Crippen molar-refractivity contribution in [2.75, 3.05) is 0 Å². The lowest BCUT2D eigenvalue weighted by Gasteiger charge is -2.41. The van der Waals surface area contributed by atoms with Crippen molar-refractivity contribution in [2.24, 2.45) is 29.1 Å². The van der Waals surface area contributed by atoms with Gasteiger partial charge < -0.3 is 0 Å². The van der Waals surface area contributed by atoms with E-state index in [2.05, 4.69) is 13.8 Å². The molecule has 0 radical (unpaired) electrons. The predicted octanol–water partition coefficient (Wildman–Crippen LogP) is 4.21. The molecule has 1 heteroatoms. The quantitative estimate of drug-likeness (QED) is 0.712. The number of carbonyl (C=O) groups is 1. The Balaban J connectivity index is 1.92. The molecule has 3 saturated carbocycles. The van der Waals surface area contributed by atoms with Crippen LogP contribution < -0.4 is 0 Å². The molecular weight excluding hydrogens is 208 g/mol. The van der Waals surface area contributed by atoms with E-state index >= 15 is 0 Å². The molecular formula is C16H26O. The van der Waals surface area contributed by atoms with Crippen LogP contribution in [0.1, 0.15) is 65.2 Å². The molecule has 0 N–H and O–H groups in total. The van der Waals surface area contributed by atoms with Gasteiger partial charge in [-0.3, -0.25) is 4.79 Å². The van der Waals surface area contributed by atoms with Crippen LogP contribution >= 0.6 is 0 Å². The molecule has 96 valence electrons. The first-order valence-electron chi connectivity index (χ1n) is 7.79. The Morgan fingerprint density at radius 1 is 1.12 bits per heavy atom. The third-order valence-corrected chi connectivity index (χ3v) is 6.10. The highest BCUT2D eigenvalue weighted by molar-refractivity contribution is 5.91. The summed E-state index contributed by atoms with van der Waals surface area (Å²) in [5.41, 5.74) is 0.125. The Labute approximate surface area is 105 Å². The molecule has 3 aliphatic rings. The highest BCUT2D eigenvalue weighted by atomic mass is 16.1. The van der Waals surface area contributed by atoms with E-state index in [9.17, 15) is 4.79 Å². The summed E-state index contributed by atoms with van der Waals surface area (Å²) in [5, 5.41) is 0. The van der Waals surface area contributed by atoms with Crippen molar-refractivity contribution in [1.82, 2.24) is 0 Å². The van der Waals surface area contributed by atoms with Gasteiger partial charge in [-0.1, -0.05) is 33.1 Å². The predicted molar refractivity (Wildman–Crippen MR) is 69.7 cm³/mol. The van der Waals surface area contributed by atoms with Gasteiger partial charge in [0.15, 0.2) is 0 Å². The molecule has 3 aliphatic carbocycles. The maximum Gasteiger partial charge on any atom is 0.142 e. The summed E-state index contributed by atoms with van der Waals surface area (Å²) in [4.78, 5) is 12.8. The van der Waals surface area contributed by atoms with Crippen molar-refractivity contribution in [3.8, 4) is 0 Å². The number of rotatable bonds is 4. The fourth-order valence-corrected chi connectivity index (χ4v) is 5.76. The van der Waals surface area contributed by atoms with Crippen LogP contribution in [-0.2, 0) is 4.79 Å². The number of carbonyl (C=O) groups excluding carboxylic acids is 1. The number of Topliss-reactive ketones (excluding diaryl/α,β-unsaturated/α-hetero) is 1. The van der Waals surface area contributed by atoms with E-state index in [4.69, 9.17) is 0 Å². The summed E-state index contributed by atoms with van der Waals surface area (Å²) in [6.07, 6.45) is 10.1. The average Bonchev–Trinajstić information content (AvgIpc) is 2.93. The molecule has 2 bridgehead atoms. The molecule has 4 unspecified atom stereocenters. The summed E-state index contributed by atoms with van der Waals surface area (Å²) in [5.74, 6) is 3.66. The summed E-state index contributed by atoms with van der Waals surface area (Å²) in [6.45, 7) is 4.51. The Morgan fingerprint density at radius 3 is 2.41 bits per heavy atom. The zero-order valence-corrected chi connectivity index (χ0v) is 11.4. The van der Waals surface area contributed by atoms with Crippen LogP contribution in [0.2, 0.25) is 0 Å². The van der Waals surface area contributed by atoms with Gasteiger partial charge in [-0.25, -0.2) is 0 Å². The third-order valence-electron chi connectivity index (χ3n) is 6.10. The molecule has 0 saturated heterocycles. The largest absolute Gasteiger partial charge is 0.299 e. The van der Waals surface area contributed by atoms with Crippen LogP contribution in [-0.4, -0.2) is 5.78 Å². The fourth-order valence-electron chi connectivity index (χ4n) is 5.76. The van der Waals surface area contributed by atoms with Crippen LogP contribution in [0.5, 0.6) is 0 Å². The smallest absolute Gasteiger partial charge is 0.142 e. The summed E-state index contributed by atoms with van der Waals surface area (Å²) >= 11 is 0. The molecule has 4 atom stereocenters. The molecule has 17 heavy (non-hydrogen) atoms. The van der Waals surface area contributed by atoms with Crippen LogP contribution in [0.3, 0.4) is 0 Å². The molecule has 0 amide bonds. The first-order valence-corrected chi connectivity index (χ1v) is 7.79. The third kappa shape index (κ3) is 1.40. The number of hydrogen-bond acceptors (Lipinski definition) is 1. The first-order chi connectivity index (χ1) is 8.24. The molecule has 0 spiro atoms. The SMILES string of the molecule is CCCC1(CCC)C(=O)C2CC1C1CCCC21. The van der Waals surface area contributed by atoms with Gasteiger partial charge in [-0.05, 0) is 49.9 Å². The Kier molecular flexibility index (Phi) is 2.83. The van der Waals surface area contributed by atoms with Crippen LogP contribution in [0, 0.1) is 29.1 Å². The van der Waals surface area contributed by atoms with Gasteiger partial charge >= 0.3 is 0 Å². The molecule has 0 aromatic heterocycles. The molecule has 0 aromatic rings. The first kappa shape index (κ1) is 11.7. The van der Waals surface area contributed by atoms with Gasteiger partial charge in [0.1, 0.15) is 5.78 Å². The van der Waals surface area contributed by atoms with Crippen LogP contribution in [0.25, 0.3) is 0 Å². The fraction of sp³-hybridized carbons (Fsp3) is 0.938. The van der Waals surface area contributed by atoms with Crippen molar-refractivity contribution in [3.05, 3.63) is 0 Å². The van der Waals surface area contributed by atoms with Crippen LogP contribution in [0.15, 0.2) is 0 Å². The topological polar surface area (TPSA) is 17.1 Å². The second-order valence-corrected chi connectivity index (χ2v) is 6.73.